The molecule has 0 aliphatic carbocycles. The molecule has 0 spiro atoms. The highest BCUT2D eigenvalue weighted by Gasteiger charge is 2.32. The largest absolute Gasteiger partial charge is 0.573 e. The summed E-state index contributed by atoms with van der Waals surface area (Å²) in [5, 5.41) is 0. The van der Waals surface area contributed by atoms with Gasteiger partial charge in [-0.2, -0.15) is 0 Å². The summed E-state index contributed by atoms with van der Waals surface area (Å²) in [5.41, 5.74) is 1.80. The van der Waals surface area contributed by atoms with E-state index in [0.717, 1.165) is 24.3 Å². The topological polar surface area (TPSA) is 18.5 Å². The molecule has 0 fully saturated rings. The Hall–Kier alpha value is -2.38. The lowest BCUT2D eigenvalue weighted by Gasteiger charge is -2.15. The normalized spacial score (nSPS) is 12.2. The van der Waals surface area contributed by atoms with E-state index in [-0.39, 0.29) is 0 Å². The molecule has 2 aromatic carbocycles. The number of benzene rings is 2. The van der Waals surface area contributed by atoms with Crippen molar-refractivity contribution in [3.63, 3.8) is 0 Å². The maximum atomic E-state index is 12.3. The van der Waals surface area contributed by atoms with Crippen LogP contribution in [0.15, 0.2) is 36.4 Å². The first kappa shape index (κ1) is 18.0. The van der Waals surface area contributed by atoms with E-state index in [1.807, 2.05) is 0 Å². The van der Waals surface area contributed by atoms with Crippen LogP contribution in [0.3, 0.4) is 0 Å². The van der Waals surface area contributed by atoms with Gasteiger partial charge in [-0.25, -0.2) is 0 Å². The predicted molar refractivity (Wildman–Crippen MR) is 74.7 cm³/mol. The lowest BCUT2D eigenvalue weighted by Crippen LogP contribution is -2.17. The van der Waals surface area contributed by atoms with Gasteiger partial charge in [-0.05, 0) is 60.4 Å². The fourth-order valence-corrected chi connectivity index (χ4v) is 2.18. The summed E-state index contributed by atoms with van der Waals surface area (Å²) in [5.74, 6) is -0.908. The number of ether oxygens (including phenoxy) is 2. The van der Waals surface area contributed by atoms with Gasteiger partial charge in [0, 0.05) is 0 Å². The van der Waals surface area contributed by atoms with E-state index >= 15 is 0 Å². The molecular weight excluding hydrogens is 338 g/mol. The molecule has 0 heterocycles. The first-order chi connectivity index (χ1) is 10.9. The Morgan fingerprint density at radius 2 is 0.958 bits per heavy atom. The molecule has 2 nitrogen and oxygen atoms in total. The second-order valence-corrected chi connectivity index (χ2v) is 5.05. The van der Waals surface area contributed by atoms with Crippen LogP contribution in [0.4, 0.5) is 26.3 Å². The summed E-state index contributed by atoms with van der Waals surface area (Å²) < 4.78 is 81.7. The number of alkyl halides is 6. The molecule has 0 aliphatic rings. The Morgan fingerprint density at radius 1 is 0.625 bits per heavy atom. The quantitative estimate of drug-likeness (QED) is 0.655. The molecule has 0 amide bonds. The van der Waals surface area contributed by atoms with Gasteiger partial charge in [0.1, 0.15) is 11.5 Å². The fourth-order valence-electron chi connectivity index (χ4n) is 2.18. The molecule has 0 N–H and O–H groups in total. The Kier molecular flexibility index (Phi) is 4.68. The van der Waals surface area contributed by atoms with Gasteiger partial charge in [-0.15, -0.1) is 26.3 Å². The molecule has 2 aromatic rings. The molecule has 130 valence electrons. The van der Waals surface area contributed by atoms with Gasteiger partial charge >= 0.3 is 12.7 Å². The van der Waals surface area contributed by atoms with Gasteiger partial charge in [0.15, 0.2) is 0 Å². The van der Waals surface area contributed by atoms with Crippen LogP contribution in [0.5, 0.6) is 11.5 Å². The molecule has 0 saturated carbocycles. The van der Waals surface area contributed by atoms with Crippen molar-refractivity contribution >= 4 is 0 Å². The van der Waals surface area contributed by atoms with Crippen molar-refractivity contribution in [1.29, 1.82) is 0 Å². The zero-order valence-electron chi connectivity index (χ0n) is 12.5. The molecule has 0 aliphatic heterocycles. The van der Waals surface area contributed by atoms with Gasteiger partial charge in [0.05, 0.1) is 0 Å². The summed E-state index contributed by atoms with van der Waals surface area (Å²) >= 11 is 0. The van der Waals surface area contributed by atoms with Crippen LogP contribution in [-0.2, 0) is 0 Å². The third-order valence-corrected chi connectivity index (χ3v) is 3.18. The SMILES string of the molecule is Cc1ccc(OC(F)(F)F)cc1-c1cc(OC(F)(F)F)ccc1C. The first-order valence-corrected chi connectivity index (χ1v) is 6.68. The number of halogens is 6. The van der Waals surface area contributed by atoms with Crippen LogP contribution >= 0.6 is 0 Å². The van der Waals surface area contributed by atoms with Gasteiger partial charge < -0.3 is 9.47 Å². The van der Waals surface area contributed by atoms with Crippen LogP contribution in [0.1, 0.15) is 11.1 Å². The average molecular weight is 350 g/mol. The van der Waals surface area contributed by atoms with E-state index in [9.17, 15) is 26.3 Å². The number of aryl methyl sites for hydroxylation is 2. The molecule has 0 unspecified atom stereocenters. The minimum atomic E-state index is -4.86. The van der Waals surface area contributed by atoms with Crippen molar-refractivity contribution < 1.29 is 35.8 Å². The molecule has 0 atom stereocenters. The second-order valence-electron chi connectivity index (χ2n) is 5.05. The van der Waals surface area contributed by atoms with Crippen LogP contribution in [0.2, 0.25) is 0 Å². The average Bonchev–Trinajstić information content (AvgIpc) is 2.40. The maximum absolute atomic E-state index is 12.3. The van der Waals surface area contributed by atoms with Crippen LogP contribution in [0, 0.1) is 13.8 Å². The molecule has 2 rings (SSSR count). The standard InChI is InChI=1S/C16H12F6O2/c1-9-3-5-11(23-15(17,18)19)7-13(9)14-8-12(6-4-10(14)2)24-16(20,21)22/h3-8H,1-2H3. The van der Waals surface area contributed by atoms with E-state index in [0.29, 0.717) is 22.3 Å². The van der Waals surface area contributed by atoms with Gasteiger partial charge in [0.25, 0.3) is 0 Å². The van der Waals surface area contributed by atoms with Crippen molar-refractivity contribution in [3.8, 4) is 22.6 Å². The monoisotopic (exact) mass is 350 g/mol. The lowest BCUT2D eigenvalue weighted by atomic mass is 9.96. The third kappa shape index (κ3) is 4.81. The van der Waals surface area contributed by atoms with E-state index in [4.69, 9.17) is 0 Å². The summed E-state index contributed by atoms with van der Waals surface area (Å²) in [6.07, 6.45) is -9.72. The van der Waals surface area contributed by atoms with Gasteiger partial charge in [0.2, 0.25) is 0 Å². The Bertz CT molecular complexity index is 671. The minimum absolute atomic E-state index is 0.321. The predicted octanol–water partition coefficient (Wildman–Crippen LogP) is 5.77. The molecule has 24 heavy (non-hydrogen) atoms. The van der Waals surface area contributed by atoms with Crippen LogP contribution < -0.4 is 9.47 Å². The number of hydrogen-bond donors (Lipinski definition) is 0. The first-order valence-electron chi connectivity index (χ1n) is 6.68. The van der Waals surface area contributed by atoms with Gasteiger partial charge in [-0.3, -0.25) is 0 Å². The highest BCUT2D eigenvalue weighted by molar-refractivity contribution is 5.73. The van der Waals surface area contributed by atoms with E-state index in [1.165, 1.54) is 12.1 Å². The van der Waals surface area contributed by atoms with Crippen molar-refractivity contribution in [2.24, 2.45) is 0 Å². The second kappa shape index (κ2) is 6.26. The third-order valence-electron chi connectivity index (χ3n) is 3.18. The maximum Gasteiger partial charge on any atom is 0.573 e. The fraction of sp³-hybridized carbons (Fsp3) is 0.250. The lowest BCUT2D eigenvalue weighted by molar-refractivity contribution is -0.275. The van der Waals surface area contributed by atoms with Crippen molar-refractivity contribution in [2.75, 3.05) is 0 Å². The van der Waals surface area contributed by atoms with E-state index < -0.39 is 24.2 Å². The van der Waals surface area contributed by atoms with Crippen LogP contribution in [-0.4, -0.2) is 12.7 Å². The molecular formula is C16H12F6O2. The highest BCUT2D eigenvalue weighted by Crippen LogP contribution is 2.35. The van der Waals surface area contributed by atoms with E-state index in [2.05, 4.69) is 9.47 Å². The highest BCUT2D eigenvalue weighted by atomic mass is 19.4. The van der Waals surface area contributed by atoms with Crippen molar-refractivity contribution in [2.45, 2.75) is 26.6 Å². The molecule has 0 saturated heterocycles. The Labute approximate surface area is 133 Å². The Balaban J connectivity index is 2.47. The van der Waals surface area contributed by atoms with E-state index in [1.54, 1.807) is 13.8 Å². The van der Waals surface area contributed by atoms with Gasteiger partial charge in [-0.1, -0.05) is 12.1 Å². The number of rotatable bonds is 3. The smallest absolute Gasteiger partial charge is 0.406 e. The zero-order valence-corrected chi connectivity index (χ0v) is 12.5. The van der Waals surface area contributed by atoms with Crippen LogP contribution in [0.25, 0.3) is 11.1 Å². The summed E-state index contributed by atoms with van der Waals surface area (Å²) in [4.78, 5) is 0. The summed E-state index contributed by atoms with van der Waals surface area (Å²) in [7, 11) is 0. The molecule has 8 heteroatoms. The summed E-state index contributed by atoms with van der Waals surface area (Å²) in [6, 6.07) is 7.32. The molecule has 0 bridgehead atoms. The number of hydrogen-bond acceptors (Lipinski definition) is 2. The Morgan fingerprint density at radius 3 is 1.25 bits per heavy atom. The van der Waals surface area contributed by atoms with Crippen molar-refractivity contribution in [1.82, 2.24) is 0 Å². The summed E-state index contributed by atoms with van der Waals surface area (Å²) in [6.45, 7) is 3.26. The zero-order chi connectivity index (χ0) is 18.1. The molecule has 0 aromatic heterocycles. The molecule has 0 radical (unpaired) electrons. The van der Waals surface area contributed by atoms with Crippen molar-refractivity contribution in [3.05, 3.63) is 47.5 Å². The minimum Gasteiger partial charge on any atom is -0.406 e.